The summed E-state index contributed by atoms with van der Waals surface area (Å²) >= 11 is 5.14. The summed E-state index contributed by atoms with van der Waals surface area (Å²) in [5.74, 6) is 0.488. The van der Waals surface area contributed by atoms with Crippen LogP contribution in [-0.4, -0.2) is 18.1 Å². The molecule has 0 radical (unpaired) electrons. The fourth-order valence-electron chi connectivity index (χ4n) is 1.91. The maximum atomic E-state index is 11.9. The third-order valence-corrected chi connectivity index (χ3v) is 3.38. The number of carbonyl (C=O) groups excluding carboxylic acids is 1. The van der Waals surface area contributed by atoms with Gasteiger partial charge in [0.2, 0.25) is 5.91 Å². The lowest BCUT2D eigenvalue weighted by molar-refractivity contribution is -0.115. The number of methoxy groups -OCH3 is 1. The molecule has 0 atom stereocenters. The van der Waals surface area contributed by atoms with Gasteiger partial charge in [-0.2, -0.15) is 0 Å². The highest BCUT2D eigenvalue weighted by molar-refractivity contribution is 7.80. The minimum Gasteiger partial charge on any atom is -0.497 e. The Morgan fingerprint density at radius 2 is 1.83 bits per heavy atom. The van der Waals surface area contributed by atoms with Crippen molar-refractivity contribution in [3.05, 3.63) is 65.7 Å². The van der Waals surface area contributed by atoms with E-state index in [1.165, 1.54) is 6.08 Å². The van der Waals surface area contributed by atoms with Crippen LogP contribution >= 0.6 is 12.2 Å². The Bertz CT molecular complexity index is 724. The summed E-state index contributed by atoms with van der Waals surface area (Å²) in [5.41, 5.74) is 2.83. The number of nitrogens with one attached hydrogen (secondary N) is 2. The molecule has 0 spiro atoms. The topological polar surface area (TPSA) is 50.4 Å². The van der Waals surface area contributed by atoms with E-state index >= 15 is 0 Å². The molecule has 1 amide bonds. The lowest BCUT2D eigenvalue weighted by atomic mass is 10.2. The van der Waals surface area contributed by atoms with Crippen LogP contribution in [0, 0.1) is 6.92 Å². The molecule has 0 saturated heterocycles. The van der Waals surface area contributed by atoms with Gasteiger partial charge < -0.3 is 10.1 Å². The molecule has 0 aliphatic carbocycles. The number of rotatable bonds is 4. The summed E-state index contributed by atoms with van der Waals surface area (Å²) in [4.78, 5) is 11.9. The van der Waals surface area contributed by atoms with Crippen LogP contribution < -0.4 is 15.4 Å². The minimum absolute atomic E-state index is 0.267. The molecule has 0 fully saturated rings. The minimum atomic E-state index is -0.285. The zero-order valence-corrected chi connectivity index (χ0v) is 13.8. The second kappa shape index (κ2) is 8.10. The van der Waals surface area contributed by atoms with Crippen molar-refractivity contribution >= 4 is 35.0 Å². The van der Waals surface area contributed by atoms with Crippen molar-refractivity contribution in [3.8, 4) is 5.75 Å². The van der Waals surface area contributed by atoms with Crippen molar-refractivity contribution in [2.45, 2.75) is 6.92 Å². The quantitative estimate of drug-likeness (QED) is 0.667. The highest BCUT2D eigenvalue weighted by Gasteiger charge is 2.03. The molecule has 0 bridgehead atoms. The van der Waals surface area contributed by atoms with Crippen molar-refractivity contribution in [1.82, 2.24) is 5.32 Å². The van der Waals surface area contributed by atoms with E-state index in [0.717, 1.165) is 22.6 Å². The number of hydrogen-bond donors (Lipinski definition) is 2. The van der Waals surface area contributed by atoms with Gasteiger partial charge in [0.1, 0.15) is 5.75 Å². The maximum Gasteiger partial charge on any atom is 0.250 e. The summed E-state index contributed by atoms with van der Waals surface area (Å²) in [6.07, 6.45) is 3.15. The number of para-hydroxylation sites is 1. The fourth-order valence-corrected chi connectivity index (χ4v) is 2.12. The number of hydrogen-bond acceptors (Lipinski definition) is 3. The van der Waals surface area contributed by atoms with Crippen molar-refractivity contribution in [2.24, 2.45) is 0 Å². The Labute approximate surface area is 141 Å². The lowest BCUT2D eigenvalue weighted by Crippen LogP contribution is -2.33. The van der Waals surface area contributed by atoms with E-state index in [4.69, 9.17) is 17.0 Å². The third-order valence-electron chi connectivity index (χ3n) is 3.17. The first-order valence-corrected chi connectivity index (χ1v) is 7.49. The van der Waals surface area contributed by atoms with Crippen LogP contribution in [0.1, 0.15) is 11.1 Å². The molecule has 0 unspecified atom stereocenters. The SMILES string of the molecule is COc1ccc(C=CC(=O)NC(=S)Nc2ccccc2C)cc1. The number of carbonyl (C=O) groups is 1. The number of thiocarbonyl (C=S) groups is 1. The van der Waals surface area contributed by atoms with E-state index in [1.54, 1.807) is 13.2 Å². The smallest absolute Gasteiger partial charge is 0.250 e. The second-order valence-electron chi connectivity index (χ2n) is 4.86. The second-order valence-corrected chi connectivity index (χ2v) is 5.27. The van der Waals surface area contributed by atoms with E-state index in [1.807, 2.05) is 55.5 Å². The van der Waals surface area contributed by atoms with Crippen LogP contribution in [0.5, 0.6) is 5.75 Å². The third kappa shape index (κ3) is 5.23. The number of amides is 1. The monoisotopic (exact) mass is 326 g/mol. The molecular formula is C18H18N2O2S. The number of aryl methyl sites for hydroxylation is 1. The van der Waals surface area contributed by atoms with E-state index in [2.05, 4.69) is 10.6 Å². The summed E-state index contributed by atoms with van der Waals surface area (Å²) in [6.45, 7) is 1.97. The standard InChI is InChI=1S/C18H18N2O2S/c1-13-5-3-4-6-16(13)19-18(23)20-17(21)12-9-14-7-10-15(22-2)11-8-14/h3-12H,1-2H3,(H2,19,20,21,23). The Balaban J connectivity index is 1.89. The number of ether oxygens (including phenoxy) is 1. The van der Waals surface area contributed by atoms with Crippen LogP contribution in [0.15, 0.2) is 54.6 Å². The van der Waals surface area contributed by atoms with Gasteiger partial charge in [0.05, 0.1) is 7.11 Å². The fraction of sp³-hybridized carbons (Fsp3) is 0.111. The first-order chi connectivity index (χ1) is 11.1. The first-order valence-electron chi connectivity index (χ1n) is 7.08. The lowest BCUT2D eigenvalue weighted by Gasteiger charge is -2.10. The highest BCUT2D eigenvalue weighted by Crippen LogP contribution is 2.13. The highest BCUT2D eigenvalue weighted by atomic mass is 32.1. The van der Waals surface area contributed by atoms with Gasteiger partial charge in [-0.3, -0.25) is 10.1 Å². The molecule has 0 saturated carbocycles. The van der Waals surface area contributed by atoms with Crippen LogP contribution in [0.25, 0.3) is 6.08 Å². The van der Waals surface area contributed by atoms with Gasteiger partial charge in [0.25, 0.3) is 0 Å². The molecule has 23 heavy (non-hydrogen) atoms. The van der Waals surface area contributed by atoms with Crippen molar-refractivity contribution in [1.29, 1.82) is 0 Å². The molecule has 0 aliphatic rings. The molecule has 0 aromatic heterocycles. The summed E-state index contributed by atoms with van der Waals surface area (Å²) in [6, 6.07) is 15.1. The van der Waals surface area contributed by atoms with Crippen LogP contribution in [0.3, 0.4) is 0 Å². The van der Waals surface area contributed by atoms with Gasteiger partial charge in [-0.15, -0.1) is 0 Å². The summed E-state index contributed by atoms with van der Waals surface area (Å²) in [7, 11) is 1.61. The average Bonchev–Trinajstić information content (AvgIpc) is 2.55. The number of anilines is 1. The van der Waals surface area contributed by atoms with Crippen molar-refractivity contribution in [2.75, 3.05) is 12.4 Å². The largest absolute Gasteiger partial charge is 0.497 e. The Morgan fingerprint density at radius 1 is 1.13 bits per heavy atom. The molecule has 118 valence electrons. The van der Waals surface area contributed by atoms with Gasteiger partial charge in [-0.1, -0.05) is 30.3 Å². The predicted molar refractivity (Wildman–Crippen MR) is 97.6 cm³/mol. The normalized spacial score (nSPS) is 10.3. The predicted octanol–water partition coefficient (Wildman–Crippen LogP) is 3.53. The Hall–Kier alpha value is -2.66. The molecule has 2 aromatic carbocycles. The zero-order valence-electron chi connectivity index (χ0n) is 13.0. The van der Waals surface area contributed by atoms with E-state index in [-0.39, 0.29) is 11.0 Å². The molecule has 2 rings (SSSR count). The molecule has 4 nitrogen and oxygen atoms in total. The van der Waals surface area contributed by atoms with Gasteiger partial charge in [0, 0.05) is 11.8 Å². The Kier molecular flexibility index (Phi) is 5.88. The van der Waals surface area contributed by atoms with E-state index in [0.29, 0.717) is 0 Å². The van der Waals surface area contributed by atoms with Crippen LogP contribution in [0.4, 0.5) is 5.69 Å². The van der Waals surface area contributed by atoms with Gasteiger partial charge in [-0.25, -0.2) is 0 Å². The maximum absolute atomic E-state index is 11.9. The number of benzene rings is 2. The zero-order chi connectivity index (χ0) is 16.7. The summed E-state index contributed by atoms with van der Waals surface area (Å²) < 4.78 is 5.08. The van der Waals surface area contributed by atoms with Crippen LogP contribution in [-0.2, 0) is 4.79 Å². The van der Waals surface area contributed by atoms with Gasteiger partial charge >= 0.3 is 0 Å². The Morgan fingerprint density at radius 3 is 2.48 bits per heavy atom. The molecule has 0 aliphatic heterocycles. The molecule has 2 N–H and O–H groups in total. The van der Waals surface area contributed by atoms with E-state index < -0.39 is 0 Å². The van der Waals surface area contributed by atoms with Crippen molar-refractivity contribution in [3.63, 3.8) is 0 Å². The molecule has 2 aromatic rings. The molecule has 0 heterocycles. The molecular weight excluding hydrogens is 308 g/mol. The molecule has 5 heteroatoms. The van der Waals surface area contributed by atoms with Gasteiger partial charge in [0.15, 0.2) is 5.11 Å². The first kappa shape index (κ1) is 16.7. The van der Waals surface area contributed by atoms with Crippen LogP contribution in [0.2, 0.25) is 0 Å². The van der Waals surface area contributed by atoms with Gasteiger partial charge in [-0.05, 0) is 54.5 Å². The average molecular weight is 326 g/mol. The van der Waals surface area contributed by atoms with Crippen molar-refractivity contribution < 1.29 is 9.53 Å². The summed E-state index contributed by atoms with van der Waals surface area (Å²) in [5, 5.41) is 5.89. The van der Waals surface area contributed by atoms with E-state index in [9.17, 15) is 4.79 Å².